The topological polar surface area (TPSA) is 40.0 Å². The largest absolute Gasteiger partial charge is 0.309 e. The summed E-state index contributed by atoms with van der Waals surface area (Å²) in [5, 5.41) is 9.46. The predicted octanol–water partition coefficient (Wildman–Crippen LogP) is 13.2. The van der Waals surface area contributed by atoms with Crippen molar-refractivity contribution in [1.82, 2.24) is 23.5 Å². The van der Waals surface area contributed by atoms with Gasteiger partial charge in [-0.25, -0.2) is 4.98 Å². The zero-order valence-corrected chi connectivity index (χ0v) is 30.6. The molecule has 0 atom stereocenters. The molecule has 57 heavy (non-hydrogen) atoms. The summed E-state index contributed by atoms with van der Waals surface area (Å²) < 4.78 is 7.20. The fourth-order valence-corrected chi connectivity index (χ4v) is 9.58. The Labute approximate surface area is 325 Å². The van der Waals surface area contributed by atoms with Crippen molar-refractivity contribution in [1.29, 1.82) is 0 Å². The van der Waals surface area contributed by atoms with Crippen LogP contribution in [0.1, 0.15) is 0 Å². The molecule has 5 heterocycles. The summed E-state index contributed by atoms with van der Waals surface area (Å²) in [5.41, 5.74) is 14.2. The molecule has 0 aliphatic rings. The van der Waals surface area contributed by atoms with Gasteiger partial charge in [-0.2, -0.15) is 0 Å². The fraction of sp³-hybridized carbons (Fsp3) is 0. The maximum Gasteiger partial charge on any atom is 0.148 e. The molecule has 13 rings (SSSR count). The second-order valence-electron chi connectivity index (χ2n) is 15.0. The Balaban J connectivity index is 1.16. The van der Waals surface area contributed by atoms with Crippen LogP contribution in [0.2, 0.25) is 0 Å². The molecule has 5 aromatic heterocycles. The van der Waals surface area contributed by atoms with Gasteiger partial charge in [-0.05, 0) is 83.2 Å². The van der Waals surface area contributed by atoms with Gasteiger partial charge in [0.15, 0.2) is 0 Å². The van der Waals surface area contributed by atoms with Crippen LogP contribution in [0.5, 0.6) is 0 Å². The zero-order chi connectivity index (χ0) is 37.2. The number of hydrogen-bond acceptors (Lipinski definition) is 2. The van der Waals surface area contributed by atoms with Crippen molar-refractivity contribution >= 4 is 92.9 Å². The van der Waals surface area contributed by atoms with Gasteiger partial charge >= 0.3 is 0 Å². The van der Waals surface area contributed by atoms with Gasteiger partial charge in [0, 0.05) is 49.9 Å². The van der Waals surface area contributed by atoms with E-state index < -0.39 is 0 Å². The van der Waals surface area contributed by atoms with Gasteiger partial charge in [-0.1, -0.05) is 115 Å². The van der Waals surface area contributed by atoms with Crippen molar-refractivity contribution in [2.45, 2.75) is 0 Å². The van der Waals surface area contributed by atoms with Crippen LogP contribution >= 0.6 is 0 Å². The summed E-state index contributed by atoms with van der Waals surface area (Å²) in [6, 6.07) is 66.0. The average Bonchev–Trinajstić information content (AvgIpc) is 3.94. The quantitative estimate of drug-likeness (QED) is 0.170. The summed E-state index contributed by atoms with van der Waals surface area (Å²) in [7, 11) is 0. The maximum atomic E-state index is 5.27. The number of hydrogen-bond donors (Lipinski definition) is 0. The Kier molecular flexibility index (Phi) is 6.10. The van der Waals surface area contributed by atoms with E-state index in [0.29, 0.717) is 0 Å². The van der Waals surface area contributed by atoms with Gasteiger partial charge in [0.2, 0.25) is 0 Å². The van der Waals surface area contributed by atoms with Crippen LogP contribution in [-0.4, -0.2) is 23.5 Å². The van der Waals surface area contributed by atoms with Crippen molar-refractivity contribution in [2.24, 2.45) is 0 Å². The lowest BCUT2D eigenvalue weighted by Crippen LogP contribution is -2.00. The van der Waals surface area contributed by atoms with Gasteiger partial charge < -0.3 is 9.13 Å². The molecule has 5 heteroatoms. The summed E-state index contributed by atoms with van der Waals surface area (Å²) in [4.78, 5) is 10.2. The van der Waals surface area contributed by atoms with Crippen LogP contribution in [0, 0.1) is 0 Å². The minimum absolute atomic E-state index is 0.921. The second-order valence-corrected chi connectivity index (χ2v) is 15.0. The molecule has 13 aromatic rings. The summed E-state index contributed by atoms with van der Waals surface area (Å²) in [6.07, 6.45) is 1.88. The maximum absolute atomic E-state index is 5.27. The summed E-state index contributed by atoms with van der Waals surface area (Å²) in [6.45, 7) is 0. The number of para-hydroxylation sites is 6. The molecule has 0 saturated heterocycles. The van der Waals surface area contributed by atoms with E-state index in [1.165, 1.54) is 43.6 Å². The van der Waals surface area contributed by atoms with E-state index in [4.69, 9.17) is 9.97 Å². The van der Waals surface area contributed by atoms with Crippen LogP contribution in [0.3, 0.4) is 0 Å². The number of nitrogens with zero attached hydrogens (tertiary/aromatic N) is 5. The number of imidazole rings is 1. The highest BCUT2D eigenvalue weighted by Gasteiger charge is 2.20. The number of pyridine rings is 2. The number of fused-ring (bicyclic) bond motifs is 16. The lowest BCUT2D eigenvalue weighted by Gasteiger charge is -2.17. The molecule has 0 aliphatic heterocycles. The van der Waals surface area contributed by atoms with Gasteiger partial charge in [0.25, 0.3) is 0 Å². The second kappa shape index (κ2) is 11.4. The third kappa shape index (κ3) is 4.23. The molecule has 0 radical (unpaired) electrons. The number of rotatable bonds is 3. The molecule has 0 bridgehead atoms. The predicted molar refractivity (Wildman–Crippen MR) is 237 cm³/mol. The van der Waals surface area contributed by atoms with E-state index in [0.717, 1.165) is 71.8 Å². The van der Waals surface area contributed by atoms with E-state index in [2.05, 4.69) is 189 Å². The van der Waals surface area contributed by atoms with Crippen LogP contribution in [-0.2, 0) is 0 Å². The van der Waals surface area contributed by atoms with Crippen molar-refractivity contribution in [2.75, 3.05) is 0 Å². The molecule has 0 unspecified atom stereocenters. The minimum atomic E-state index is 0.921. The van der Waals surface area contributed by atoms with Crippen LogP contribution < -0.4 is 0 Å². The molecule has 264 valence electrons. The highest BCUT2D eigenvalue weighted by atomic mass is 15.0. The minimum Gasteiger partial charge on any atom is -0.309 e. The number of aromatic nitrogens is 5. The Hall–Kier alpha value is -7.76. The highest BCUT2D eigenvalue weighted by molar-refractivity contribution is 6.22. The van der Waals surface area contributed by atoms with Crippen molar-refractivity contribution in [3.05, 3.63) is 188 Å². The van der Waals surface area contributed by atoms with Crippen molar-refractivity contribution in [3.8, 4) is 22.5 Å². The van der Waals surface area contributed by atoms with Gasteiger partial charge in [-0.3, -0.25) is 9.38 Å². The lowest BCUT2D eigenvalue weighted by molar-refractivity contribution is 1.13. The smallest absolute Gasteiger partial charge is 0.148 e. The van der Waals surface area contributed by atoms with Crippen LogP contribution in [0.15, 0.2) is 188 Å². The van der Waals surface area contributed by atoms with Gasteiger partial charge in [0.05, 0.1) is 49.5 Å². The molecule has 5 nitrogen and oxygen atoms in total. The van der Waals surface area contributed by atoms with E-state index in [-0.39, 0.29) is 0 Å². The molecule has 8 aromatic carbocycles. The number of benzene rings is 8. The first-order valence-corrected chi connectivity index (χ1v) is 19.4. The Bertz CT molecular complexity index is 3590. The molecular weight excluding hydrogens is 695 g/mol. The van der Waals surface area contributed by atoms with E-state index in [1.807, 2.05) is 12.3 Å². The van der Waals surface area contributed by atoms with Crippen molar-refractivity contribution < 1.29 is 0 Å². The summed E-state index contributed by atoms with van der Waals surface area (Å²) in [5.74, 6) is 0. The van der Waals surface area contributed by atoms with Crippen molar-refractivity contribution in [3.63, 3.8) is 0 Å². The van der Waals surface area contributed by atoms with Gasteiger partial charge in [-0.15, -0.1) is 0 Å². The van der Waals surface area contributed by atoms with Crippen LogP contribution in [0.25, 0.3) is 115 Å². The fourth-order valence-electron chi connectivity index (χ4n) is 9.58. The molecule has 0 N–H and O–H groups in total. The summed E-state index contributed by atoms with van der Waals surface area (Å²) >= 11 is 0. The first-order chi connectivity index (χ1) is 28.3. The van der Waals surface area contributed by atoms with E-state index in [1.54, 1.807) is 0 Å². The lowest BCUT2D eigenvalue weighted by atomic mass is 9.98. The third-order valence-electron chi connectivity index (χ3n) is 12.0. The zero-order valence-electron chi connectivity index (χ0n) is 30.6. The molecule has 0 spiro atoms. The SMILES string of the molecule is c1cnc2c(c1)ccc1c3ccc(-c4cc(-n5c6ccccc6c6ccccc65)cc(-n5c6ccccc6c6ccccc65)c4)cc3n3c4ccccc4nc3c12. The molecule has 0 fully saturated rings. The highest BCUT2D eigenvalue weighted by Crippen LogP contribution is 2.41. The molecular formula is C52H31N5. The molecule has 0 aliphatic carbocycles. The third-order valence-corrected chi connectivity index (χ3v) is 12.0. The first-order valence-electron chi connectivity index (χ1n) is 19.4. The monoisotopic (exact) mass is 725 g/mol. The first kappa shape index (κ1) is 30.6. The molecule has 0 amide bonds. The van der Waals surface area contributed by atoms with Crippen LogP contribution in [0.4, 0.5) is 0 Å². The standard InChI is InChI=1S/C52H31N5/c1-6-18-44-37(13-1)38-14-2-7-19-45(38)55(44)35-28-34(29-36(31-35)56-46-20-8-3-15-39(46)40-16-4-9-21-47(40)56)33-24-25-41-42-26-23-32-12-11-27-53-51(32)50(42)52-54-43-17-5-10-22-48(43)57(52)49(41)30-33/h1-31H. The average molecular weight is 726 g/mol. The van der Waals surface area contributed by atoms with Gasteiger partial charge in [0.1, 0.15) is 5.65 Å². The molecule has 0 saturated carbocycles. The van der Waals surface area contributed by atoms with E-state index >= 15 is 0 Å². The van der Waals surface area contributed by atoms with E-state index in [9.17, 15) is 0 Å². The normalized spacial score (nSPS) is 12.2. The Morgan fingerprint density at radius 3 is 1.51 bits per heavy atom. The Morgan fingerprint density at radius 1 is 0.368 bits per heavy atom. The Morgan fingerprint density at radius 2 is 0.895 bits per heavy atom.